The summed E-state index contributed by atoms with van der Waals surface area (Å²) in [5, 5.41) is 25.7. The summed E-state index contributed by atoms with van der Waals surface area (Å²) in [4.78, 5) is 24.1. The number of rotatable bonds is 7. The number of tetrazole rings is 1. The number of carbonyl (C=O) groups is 1. The molecule has 3 rings (SSSR count). The number of nitrogens with one attached hydrogen (secondary N) is 1. The van der Waals surface area contributed by atoms with Crippen LogP contribution < -0.4 is 5.32 Å². The van der Waals surface area contributed by atoms with Crippen LogP contribution in [-0.2, 0) is 7.05 Å². The molecule has 0 radical (unpaired) electrons. The maximum absolute atomic E-state index is 12.9. The Kier molecular flexibility index (Phi) is 6.23. The molecule has 150 valence electrons. The SMILES string of the molecule is CCC(C)c1ccc(NC(=O)c2cc([N+](=O)[O-])ccc2Sc2nnnn2C)cc1. The quantitative estimate of drug-likeness (QED) is 0.460. The number of aromatic nitrogens is 4. The van der Waals surface area contributed by atoms with Crippen LogP contribution in [-0.4, -0.2) is 31.0 Å². The zero-order valence-electron chi connectivity index (χ0n) is 16.2. The molecule has 0 aliphatic carbocycles. The normalized spacial score (nSPS) is 11.8. The Bertz CT molecular complexity index is 1030. The number of hydrogen-bond acceptors (Lipinski definition) is 7. The maximum atomic E-state index is 12.9. The van der Waals surface area contributed by atoms with Gasteiger partial charge in [0.1, 0.15) is 0 Å². The molecule has 3 aromatic rings. The lowest BCUT2D eigenvalue weighted by molar-refractivity contribution is -0.384. The van der Waals surface area contributed by atoms with Gasteiger partial charge in [0.05, 0.1) is 10.5 Å². The molecule has 10 heteroatoms. The molecule has 9 nitrogen and oxygen atoms in total. The van der Waals surface area contributed by atoms with Crippen LogP contribution >= 0.6 is 11.8 Å². The van der Waals surface area contributed by atoms with Gasteiger partial charge in [-0.3, -0.25) is 14.9 Å². The van der Waals surface area contributed by atoms with Crippen LogP contribution in [0.2, 0.25) is 0 Å². The molecule has 1 amide bonds. The van der Waals surface area contributed by atoms with Crippen LogP contribution in [0.1, 0.15) is 42.1 Å². The summed E-state index contributed by atoms with van der Waals surface area (Å²) >= 11 is 1.16. The van der Waals surface area contributed by atoms with Crippen molar-refractivity contribution in [2.75, 3.05) is 5.32 Å². The van der Waals surface area contributed by atoms with Crippen molar-refractivity contribution in [1.82, 2.24) is 20.2 Å². The van der Waals surface area contributed by atoms with E-state index in [1.807, 2.05) is 24.3 Å². The Morgan fingerprint density at radius 2 is 2.00 bits per heavy atom. The van der Waals surface area contributed by atoms with Gasteiger partial charge >= 0.3 is 0 Å². The highest BCUT2D eigenvalue weighted by Gasteiger charge is 2.19. The molecule has 0 spiro atoms. The van der Waals surface area contributed by atoms with Gasteiger partial charge in [0.15, 0.2) is 0 Å². The second-order valence-electron chi connectivity index (χ2n) is 6.51. The molecule has 0 aliphatic rings. The molecule has 1 N–H and O–H groups in total. The van der Waals surface area contributed by atoms with Gasteiger partial charge in [-0.25, -0.2) is 4.68 Å². The lowest BCUT2D eigenvalue weighted by atomic mass is 9.98. The maximum Gasteiger partial charge on any atom is 0.270 e. The number of benzene rings is 2. The van der Waals surface area contributed by atoms with Gasteiger partial charge in [-0.05, 0) is 58.3 Å². The van der Waals surface area contributed by atoms with Gasteiger partial charge in [-0.15, -0.1) is 5.10 Å². The average molecular weight is 412 g/mol. The van der Waals surface area contributed by atoms with Gasteiger partial charge < -0.3 is 5.32 Å². The fraction of sp³-hybridized carbons (Fsp3) is 0.263. The Morgan fingerprint density at radius 3 is 2.59 bits per heavy atom. The fourth-order valence-corrected chi connectivity index (χ4v) is 3.47. The number of carbonyl (C=O) groups excluding carboxylic acids is 1. The number of hydrogen-bond donors (Lipinski definition) is 1. The predicted molar refractivity (Wildman–Crippen MR) is 109 cm³/mol. The monoisotopic (exact) mass is 412 g/mol. The van der Waals surface area contributed by atoms with Crippen LogP contribution in [0.4, 0.5) is 11.4 Å². The van der Waals surface area contributed by atoms with Crippen LogP contribution in [0.15, 0.2) is 52.5 Å². The molecule has 0 saturated heterocycles. The van der Waals surface area contributed by atoms with Gasteiger partial charge in [-0.2, -0.15) is 0 Å². The number of amides is 1. The Morgan fingerprint density at radius 1 is 1.28 bits per heavy atom. The van der Waals surface area contributed by atoms with Crippen molar-refractivity contribution in [1.29, 1.82) is 0 Å². The van der Waals surface area contributed by atoms with Crippen molar-refractivity contribution in [2.45, 2.75) is 36.2 Å². The van der Waals surface area contributed by atoms with Gasteiger partial charge in [0.25, 0.3) is 11.6 Å². The van der Waals surface area contributed by atoms with Crippen molar-refractivity contribution in [3.63, 3.8) is 0 Å². The first-order valence-electron chi connectivity index (χ1n) is 8.99. The van der Waals surface area contributed by atoms with E-state index in [4.69, 9.17) is 0 Å². The van der Waals surface area contributed by atoms with Gasteiger partial charge in [0, 0.05) is 29.8 Å². The van der Waals surface area contributed by atoms with Crippen LogP contribution in [0.25, 0.3) is 0 Å². The molecule has 1 unspecified atom stereocenters. The number of nitrogens with zero attached hydrogens (tertiary/aromatic N) is 5. The zero-order chi connectivity index (χ0) is 21.0. The third kappa shape index (κ3) is 4.77. The van der Waals surface area contributed by atoms with E-state index >= 15 is 0 Å². The largest absolute Gasteiger partial charge is 0.322 e. The summed E-state index contributed by atoms with van der Waals surface area (Å²) < 4.78 is 1.46. The Hall–Kier alpha value is -3.27. The molecule has 0 fully saturated rings. The van der Waals surface area contributed by atoms with E-state index in [1.54, 1.807) is 7.05 Å². The number of anilines is 1. The van der Waals surface area contributed by atoms with Crippen molar-refractivity contribution in [3.05, 3.63) is 63.7 Å². The minimum atomic E-state index is -0.532. The smallest absolute Gasteiger partial charge is 0.270 e. The first-order chi connectivity index (χ1) is 13.9. The topological polar surface area (TPSA) is 116 Å². The molecule has 1 heterocycles. The zero-order valence-corrected chi connectivity index (χ0v) is 17.0. The van der Waals surface area contributed by atoms with E-state index in [0.717, 1.165) is 18.2 Å². The highest BCUT2D eigenvalue weighted by molar-refractivity contribution is 7.99. The van der Waals surface area contributed by atoms with Crippen molar-refractivity contribution in [2.24, 2.45) is 7.05 Å². The Balaban J connectivity index is 1.88. The molecule has 0 saturated carbocycles. The van der Waals surface area contributed by atoms with E-state index in [1.165, 1.54) is 28.4 Å². The van der Waals surface area contributed by atoms with Crippen molar-refractivity contribution < 1.29 is 9.72 Å². The first kappa shape index (κ1) is 20.5. The van der Waals surface area contributed by atoms with E-state index in [2.05, 4.69) is 34.7 Å². The summed E-state index contributed by atoms with van der Waals surface area (Å²) in [6.07, 6.45) is 1.02. The number of nitro benzene ring substituents is 1. The molecule has 2 aromatic carbocycles. The lowest BCUT2D eigenvalue weighted by Crippen LogP contribution is -2.13. The second-order valence-corrected chi connectivity index (χ2v) is 7.52. The minimum absolute atomic E-state index is 0.164. The van der Waals surface area contributed by atoms with E-state index < -0.39 is 10.8 Å². The molecule has 0 bridgehead atoms. The highest BCUT2D eigenvalue weighted by atomic mass is 32.2. The van der Waals surface area contributed by atoms with Crippen molar-refractivity contribution in [3.8, 4) is 0 Å². The number of non-ortho nitro benzene ring substituents is 1. The van der Waals surface area contributed by atoms with E-state index in [9.17, 15) is 14.9 Å². The van der Waals surface area contributed by atoms with Crippen LogP contribution in [0.5, 0.6) is 0 Å². The third-order valence-electron chi connectivity index (χ3n) is 4.55. The summed E-state index contributed by atoms with van der Waals surface area (Å²) in [7, 11) is 1.67. The lowest BCUT2D eigenvalue weighted by Gasteiger charge is -2.12. The second kappa shape index (κ2) is 8.82. The third-order valence-corrected chi connectivity index (χ3v) is 5.66. The van der Waals surface area contributed by atoms with E-state index in [-0.39, 0.29) is 11.3 Å². The molecular weight excluding hydrogens is 392 g/mol. The molecule has 0 aliphatic heterocycles. The summed E-state index contributed by atoms with van der Waals surface area (Å²) in [6.45, 7) is 4.26. The molecule has 29 heavy (non-hydrogen) atoms. The highest BCUT2D eigenvalue weighted by Crippen LogP contribution is 2.31. The molecule has 1 atom stereocenters. The average Bonchev–Trinajstić information content (AvgIpc) is 3.12. The predicted octanol–water partition coefficient (Wildman–Crippen LogP) is 4.04. The van der Waals surface area contributed by atoms with Gasteiger partial charge in [-0.1, -0.05) is 26.0 Å². The minimum Gasteiger partial charge on any atom is -0.322 e. The number of aryl methyl sites for hydroxylation is 1. The summed E-state index contributed by atoms with van der Waals surface area (Å²) in [6, 6.07) is 11.7. The fourth-order valence-electron chi connectivity index (χ4n) is 2.63. The first-order valence-corrected chi connectivity index (χ1v) is 9.80. The summed E-state index contributed by atoms with van der Waals surface area (Å²) in [5.41, 5.74) is 1.82. The van der Waals surface area contributed by atoms with E-state index in [0.29, 0.717) is 21.7 Å². The van der Waals surface area contributed by atoms with Crippen LogP contribution in [0, 0.1) is 10.1 Å². The molecule has 1 aromatic heterocycles. The summed E-state index contributed by atoms with van der Waals surface area (Å²) in [5.74, 6) is -0.0119. The van der Waals surface area contributed by atoms with Crippen LogP contribution in [0.3, 0.4) is 0 Å². The Labute approximate surface area is 171 Å². The molecular formula is C19H20N6O3S. The standard InChI is InChI=1S/C19H20N6O3S/c1-4-12(2)13-5-7-14(8-6-13)20-18(26)16-11-15(25(27)28)9-10-17(16)29-19-21-22-23-24(19)3/h5-12H,4H2,1-3H3,(H,20,26). The van der Waals surface area contributed by atoms with Gasteiger partial charge in [0.2, 0.25) is 5.16 Å². The van der Waals surface area contributed by atoms with Crippen molar-refractivity contribution >= 4 is 29.0 Å². The number of nitro groups is 1.